The maximum atomic E-state index is 7.72. The first kappa shape index (κ1) is 11.3. The van der Waals surface area contributed by atoms with E-state index in [0.29, 0.717) is 0 Å². The monoisotopic (exact) mass is 198 g/mol. The average molecular weight is 198 g/mol. The Morgan fingerprint density at radius 3 is 2.43 bits per heavy atom. The van der Waals surface area contributed by atoms with Gasteiger partial charge in [0.15, 0.2) is 0 Å². The van der Waals surface area contributed by atoms with E-state index in [2.05, 4.69) is 0 Å². The summed E-state index contributed by atoms with van der Waals surface area (Å²) in [5.74, 6) is 0.917. The normalized spacial score (nSPS) is 16.6. The molecule has 3 heteroatoms. The van der Waals surface area contributed by atoms with Gasteiger partial charge in [-0.2, -0.15) is 0 Å². The summed E-state index contributed by atoms with van der Waals surface area (Å²) >= 11 is 0. The highest BCUT2D eigenvalue weighted by atomic mass is 16.5. The van der Waals surface area contributed by atoms with Gasteiger partial charge in [-0.1, -0.05) is 12.8 Å². The van der Waals surface area contributed by atoms with Gasteiger partial charge in [0.2, 0.25) is 0 Å². The zero-order valence-corrected chi connectivity index (χ0v) is 9.76. The van der Waals surface area contributed by atoms with Crippen molar-refractivity contribution in [1.29, 1.82) is 5.41 Å². The van der Waals surface area contributed by atoms with Crippen LogP contribution in [0.1, 0.15) is 40.0 Å². The lowest BCUT2D eigenvalue weighted by Crippen LogP contribution is -2.35. The zero-order chi connectivity index (χ0) is 10.8. The predicted molar refractivity (Wildman–Crippen MR) is 58.5 cm³/mol. The third-order valence-corrected chi connectivity index (χ3v) is 2.32. The molecular weight excluding hydrogens is 176 g/mol. The number of nitrogens with zero attached hydrogens (tertiary/aromatic N) is 1. The lowest BCUT2D eigenvalue weighted by molar-refractivity contribution is 0.0887. The molecule has 14 heavy (non-hydrogen) atoms. The van der Waals surface area contributed by atoms with Crippen LogP contribution in [-0.2, 0) is 4.74 Å². The number of ether oxygens (including phenoxy) is 1. The second-order valence-corrected chi connectivity index (χ2v) is 5.17. The molecule has 0 atom stereocenters. The molecule has 1 saturated carbocycles. The van der Waals surface area contributed by atoms with Gasteiger partial charge < -0.3 is 9.64 Å². The molecule has 0 heterocycles. The molecule has 0 aromatic heterocycles. The van der Waals surface area contributed by atoms with Gasteiger partial charge in [-0.15, -0.1) is 0 Å². The first-order valence-electron chi connectivity index (χ1n) is 5.37. The fourth-order valence-corrected chi connectivity index (χ4v) is 1.25. The molecule has 0 unspecified atom stereocenters. The van der Waals surface area contributed by atoms with E-state index in [-0.39, 0.29) is 11.6 Å². The third-order valence-electron chi connectivity index (χ3n) is 2.32. The number of nitrogens with one attached hydrogen (secondary N) is 1. The SMILES string of the molecule is CN(CCC1CC1)C(=N)OC(C)(C)C. The standard InChI is InChI=1S/C11H22N2O/c1-11(2,3)14-10(12)13(4)8-7-9-5-6-9/h9,12H,5-8H2,1-4H3. The molecule has 1 fully saturated rings. The number of hydrogen-bond acceptors (Lipinski definition) is 2. The molecule has 0 radical (unpaired) electrons. The Morgan fingerprint density at radius 1 is 1.43 bits per heavy atom. The van der Waals surface area contributed by atoms with Crippen molar-refractivity contribution in [2.75, 3.05) is 13.6 Å². The highest BCUT2D eigenvalue weighted by Gasteiger charge is 2.22. The van der Waals surface area contributed by atoms with E-state index in [4.69, 9.17) is 10.1 Å². The average Bonchev–Trinajstić information content (AvgIpc) is 2.79. The minimum atomic E-state index is -0.259. The lowest BCUT2D eigenvalue weighted by Gasteiger charge is -2.27. The largest absolute Gasteiger partial charge is 0.460 e. The van der Waals surface area contributed by atoms with Crippen molar-refractivity contribution < 1.29 is 4.74 Å². The van der Waals surface area contributed by atoms with Crippen molar-refractivity contribution in [3.05, 3.63) is 0 Å². The molecule has 1 aliphatic rings. The van der Waals surface area contributed by atoms with Crippen molar-refractivity contribution in [2.45, 2.75) is 45.6 Å². The van der Waals surface area contributed by atoms with Gasteiger partial charge in [-0.25, -0.2) is 0 Å². The Bertz CT molecular complexity index is 204. The molecule has 1 aliphatic carbocycles. The fraction of sp³-hybridized carbons (Fsp3) is 0.909. The van der Waals surface area contributed by atoms with Crippen molar-refractivity contribution >= 4 is 6.02 Å². The summed E-state index contributed by atoms with van der Waals surface area (Å²) in [7, 11) is 1.93. The number of amidine groups is 1. The van der Waals surface area contributed by atoms with Crippen molar-refractivity contribution in [2.24, 2.45) is 5.92 Å². The van der Waals surface area contributed by atoms with Gasteiger partial charge >= 0.3 is 0 Å². The van der Waals surface area contributed by atoms with Crippen LogP contribution in [-0.4, -0.2) is 30.1 Å². The van der Waals surface area contributed by atoms with E-state index < -0.39 is 0 Å². The molecule has 0 spiro atoms. The Labute approximate surface area is 86.9 Å². The van der Waals surface area contributed by atoms with E-state index in [0.717, 1.165) is 12.5 Å². The van der Waals surface area contributed by atoms with Crippen LogP contribution in [0, 0.1) is 11.3 Å². The summed E-state index contributed by atoms with van der Waals surface area (Å²) in [6.07, 6.45) is 3.95. The molecule has 0 aromatic carbocycles. The van der Waals surface area contributed by atoms with Crippen molar-refractivity contribution in [1.82, 2.24) is 4.90 Å². The summed E-state index contributed by atoms with van der Waals surface area (Å²) in [4.78, 5) is 1.89. The topological polar surface area (TPSA) is 36.3 Å². The van der Waals surface area contributed by atoms with Crippen LogP contribution in [0.25, 0.3) is 0 Å². The van der Waals surface area contributed by atoms with Gasteiger partial charge in [-0.05, 0) is 33.1 Å². The summed E-state index contributed by atoms with van der Waals surface area (Å²) in [5, 5.41) is 7.72. The Balaban J connectivity index is 2.20. The quantitative estimate of drug-likeness (QED) is 0.558. The second kappa shape index (κ2) is 4.20. The summed E-state index contributed by atoms with van der Waals surface area (Å²) in [6, 6.07) is 0.290. The molecule has 0 aliphatic heterocycles. The third kappa shape index (κ3) is 4.49. The Kier molecular flexibility index (Phi) is 3.40. The van der Waals surface area contributed by atoms with Crippen molar-refractivity contribution in [3.63, 3.8) is 0 Å². The minimum Gasteiger partial charge on any atom is -0.460 e. The van der Waals surface area contributed by atoms with E-state index in [9.17, 15) is 0 Å². The van der Waals surface area contributed by atoms with Crippen LogP contribution >= 0.6 is 0 Å². The molecule has 82 valence electrons. The van der Waals surface area contributed by atoms with Gasteiger partial charge in [0.25, 0.3) is 6.02 Å². The highest BCUT2D eigenvalue weighted by Crippen LogP contribution is 2.32. The van der Waals surface area contributed by atoms with E-state index in [1.54, 1.807) is 0 Å². The first-order valence-corrected chi connectivity index (χ1v) is 5.37. The van der Waals surface area contributed by atoms with E-state index in [1.165, 1.54) is 19.3 Å². The predicted octanol–water partition coefficient (Wildman–Crippen LogP) is 2.47. The smallest absolute Gasteiger partial charge is 0.284 e. The second-order valence-electron chi connectivity index (χ2n) is 5.17. The molecule has 1 rings (SSSR count). The van der Waals surface area contributed by atoms with Crippen LogP contribution in [0.5, 0.6) is 0 Å². The highest BCUT2D eigenvalue weighted by molar-refractivity contribution is 5.70. The van der Waals surface area contributed by atoms with Gasteiger partial charge in [-0.3, -0.25) is 5.41 Å². The minimum absolute atomic E-state index is 0.259. The molecule has 0 saturated heterocycles. The van der Waals surface area contributed by atoms with Gasteiger partial charge in [0, 0.05) is 13.6 Å². The summed E-state index contributed by atoms with van der Waals surface area (Å²) < 4.78 is 5.46. The van der Waals surface area contributed by atoms with Crippen LogP contribution in [0.4, 0.5) is 0 Å². The molecule has 0 aromatic rings. The van der Waals surface area contributed by atoms with Crippen LogP contribution in [0.3, 0.4) is 0 Å². The van der Waals surface area contributed by atoms with E-state index in [1.807, 2.05) is 32.7 Å². The summed E-state index contributed by atoms with van der Waals surface area (Å²) in [5.41, 5.74) is -0.259. The van der Waals surface area contributed by atoms with Crippen molar-refractivity contribution in [3.8, 4) is 0 Å². The van der Waals surface area contributed by atoms with Gasteiger partial charge in [0.1, 0.15) is 5.60 Å². The molecule has 0 bridgehead atoms. The molecule has 1 N–H and O–H groups in total. The zero-order valence-electron chi connectivity index (χ0n) is 9.76. The summed E-state index contributed by atoms with van der Waals surface area (Å²) in [6.45, 7) is 6.85. The molecular formula is C11H22N2O. The fourth-order valence-electron chi connectivity index (χ4n) is 1.25. The van der Waals surface area contributed by atoms with Crippen LogP contribution < -0.4 is 0 Å². The maximum absolute atomic E-state index is 7.72. The van der Waals surface area contributed by atoms with Crippen LogP contribution in [0.15, 0.2) is 0 Å². The number of hydrogen-bond donors (Lipinski definition) is 1. The van der Waals surface area contributed by atoms with Crippen LogP contribution in [0.2, 0.25) is 0 Å². The maximum Gasteiger partial charge on any atom is 0.284 e. The lowest BCUT2D eigenvalue weighted by atomic mass is 10.2. The van der Waals surface area contributed by atoms with E-state index >= 15 is 0 Å². The Hall–Kier alpha value is -0.730. The molecule has 0 amide bonds. The number of rotatable bonds is 3. The van der Waals surface area contributed by atoms with Gasteiger partial charge in [0.05, 0.1) is 0 Å². The Morgan fingerprint density at radius 2 is 2.00 bits per heavy atom. The molecule has 3 nitrogen and oxygen atoms in total. The first-order chi connectivity index (χ1) is 6.38.